The predicted octanol–water partition coefficient (Wildman–Crippen LogP) is 3.56. The average molecular weight is 311 g/mol. The third kappa shape index (κ3) is 6.25. The second-order valence-electron chi connectivity index (χ2n) is 6.21. The first-order valence-electron chi connectivity index (χ1n) is 7.96. The molecule has 2 atom stereocenters. The Morgan fingerprint density at radius 3 is 2.76 bits per heavy atom. The summed E-state index contributed by atoms with van der Waals surface area (Å²) in [6, 6.07) is 7.96. The highest BCUT2D eigenvalue weighted by molar-refractivity contribution is 6.30. The summed E-state index contributed by atoms with van der Waals surface area (Å²) >= 11 is 5.85. The molecule has 4 heteroatoms. The van der Waals surface area contributed by atoms with Crippen LogP contribution in [-0.4, -0.2) is 37.7 Å². The Labute approximate surface area is 133 Å². The predicted molar refractivity (Wildman–Crippen MR) is 89.0 cm³/mol. The van der Waals surface area contributed by atoms with Gasteiger partial charge in [-0.15, -0.1) is 0 Å². The standard InChI is InChI=1S/C17H27ClN2O/c1-20(13-14-4-2-5-16(19)12-14)10-3-11-21-17-8-6-15(18)7-9-17/h6-9,14,16H,2-5,10-13,19H2,1H3/t14-,16+/m1/s1. The van der Waals surface area contributed by atoms with Gasteiger partial charge in [-0.3, -0.25) is 0 Å². The van der Waals surface area contributed by atoms with Crippen LogP contribution in [0.4, 0.5) is 0 Å². The van der Waals surface area contributed by atoms with Gasteiger partial charge in [-0.2, -0.15) is 0 Å². The van der Waals surface area contributed by atoms with Crippen LogP contribution in [0.15, 0.2) is 24.3 Å². The molecule has 118 valence electrons. The first-order valence-corrected chi connectivity index (χ1v) is 8.34. The third-order valence-electron chi connectivity index (χ3n) is 4.16. The summed E-state index contributed by atoms with van der Waals surface area (Å²) in [7, 11) is 2.20. The monoisotopic (exact) mass is 310 g/mol. The summed E-state index contributed by atoms with van der Waals surface area (Å²) in [4.78, 5) is 2.41. The molecule has 3 nitrogen and oxygen atoms in total. The van der Waals surface area contributed by atoms with Gasteiger partial charge in [0.05, 0.1) is 6.61 Å². The molecule has 1 fully saturated rings. The molecule has 1 aliphatic carbocycles. The topological polar surface area (TPSA) is 38.5 Å². The molecule has 1 aliphatic rings. The Morgan fingerprint density at radius 2 is 2.05 bits per heavy atom. The normalized spacial score (nSPS) is 22.5. The molecule has 2 N–H and O–H groups in total. The Bertz CT molecular complexity index is 410. The van der Waals surface area contributed by atoms with Gasteiger partial charge in [0, 0.05) is 24.2 Å². The number of nitrogens with two attached hydrogens (primary N) is 1. The zero-order valence-electron chi connectivity index (χ0n) is 12.9. The third-order valence-corrected chi connectivity index (χ3v) is 4.41. The summed E-state index contributed by atoms with van der Waals surface area (Å²) in [5.41, 5.74) is 6.05. The van der Waals surface area contributed by atoms with Crippen molar-refractivity contribution >= 4 is 11.6 Å². The molecule has 1 saturated carbocycles. The zero-order chi connectivity index (χ0) is 15.1. The highest BCUT2D eigenvalue weighted by Crippen LogP contribution is 2.23. The van der Waals surface area contributed by atoms with Gasteiger partial charge in [0.1, 0.15) is 5.75 Å². The van der Waals surface area contributed by atoms with E-state index in [1.807, 2.05) is 24.3 Å². The van der Waals surface area contributed by atoms with Gasteiger partial charge >= 0.3 is 0 Å². The van der Waals surface area contributed by atoms with E-state index >= 15 is 0 Å². The van der Waals surface area contributed by atoms with E-state index in [1.54, 1.807) is 0 Å². The minimum Gasteiger partial charge on any atom is -0.494 e. The van der Waals surface area contributed by atoms with E-state index in [9.17, 15) is 0 Å². The highest BCUT2D eigenvalue weighted by Gasteiger charge is 2.20. The molecular weight excluding hydrogens is 284 g/mol. The van der Waals surface area contributed by atoms with Crippen LogP contribution in [0.2, 0.25) is 5.02 Å². The number of rotatable bonds is 7. The number of ether oxygens (including phenoxy) is 1. The molecule has 0 aliphatic heterocycles. The lowest BCUT2D eigenvalue weighted by Gasteiger charge is -2.30. The highest BCUT2D eigenvalue weighted by atomic mass is 35.5. The molecule has 2 rings (SSSR count). The second kappa shape index (κ2) is 8.62. The minimum absolute atomic E-state index is 0.422. The SMILES string of the molecule is CN(CCCOc1ccc(Cl)cc1)C[C@@H]1CCC[C@H](N)C1. The average Bonchev–Trinajstić information content (AvgIpc) is 2.45. The molecule has 21 heavy (non-hydrogen) atoms. The fourth-order valence-electron chi connectivity index (χ4n) is 3.09. The maximum absolute atomic E-state index is 6.05. The molecule has 0 aromatic heterocycles. The molecule has 0 heterocycles. The summed E-state index contributed by atoms with van der Waals surface area (Å²) in [6.45, 7) is 2.98. The van der Waals surface area contributed by atoms with E-state index in [0.29, 0.717) is 6.04 Å². The van der Waals surface area contributed by atoms with Crippen molar-refractivity contribution in [1.82, 2.24) is 4.90 Å². The van der Waals surface area contributed by atoms with Gasteiger partial charge in [-0.25, -0.2) is 0 Å². The molecule has 0 amide bonds. The minimum atomic E-state index is 0.422. The quantitative estimate of drug-likeness (QED) is 0.783. The van der Waals surface area contributed by atoms with Crippen molar-refractivity contribution in [3.05, 3.63) is 29.3 Å². The maximum atomic E-state index is 6.05. The van der Waals surface area contributed by atoms with Crippen molar-refractivity contribution in [3.8, 4) is 5.75 Å². The van der Waals surface area contributed by atoms with Gasteiger partial charge in [0.25, 0.3) is 0 Å². The van der Waals surface area contributed by atoms with E-state index in [-0.39, 0.29) is 0 Å². The maximum Gasteiger partial charge on any atom is 0.119 e. The molecule has 1 aromatic rings. The van der Waals surface area contributed by atoms with E-state index in [2.05, 4.69) is 11.9 Å². The van der Waals surface area contributed by atoms with Crippen LogP contribution < -0.4 is 10.5 Å². The summed E-state index contributed by atoms with van der Waals surface area (Å²) < 4.78 is 5.71. The largest absolute Gasteiger partial charge is 0.494 e. The first-order chi connectivity index (χ1) is 10.1. The summed E-state index contributed by atoms with van der Waals surface area (Å²) in [6.07, 6.45) is 6.05. The van der Waals surface area contributed by atoms with Crippen LogP contribution in [0.5, 0.6) is 5.75 Å². The zero-order valence-corrected chi connectivity index (χ0v) is 13.7. The smallest absolute Gasteiger partial charge is 0.119 e. The molecule has 0 unspecified atom stereocenters. The lowest BCUT2D eigenvalue weighted by Crippen LogP contribution is -2.34. The molecule has 1 aromatic carbocycles. The second-order valence-corrected chi connectivity index (χ2v) is 6.65. The number of halogens is 1. The summed E-state index contributed by atoms with van der Waals surface area (Å²) in [5, 5.41) is 0.743. The van der Waals surface area contributed by atoms with Gasteiger partial charge in [-0.1, -0.05) is 18.0 Å². The van der Waals surface area contributed by atoms with Crippen molar-refractivity contribution < 1.29 is 4.74 Å². The lowest BCUT2D eigenvalue weighted by atomic mass is 9.86. The Kier molecular flexibility index (Phi) is 6.81. The molecule has 0 spiro atoms. The Morgan fingerprint density at radius 1 is 1.29 bits per heavy atom. The van der Waals surface area contributed by atoms with Gasteiger partial charge in [-0.05, 0) is 62.9 Å². The number of benzene rings is 1. The van der Waals surface area contributed by atoms with Crippen molar-refractivity contribution in [1.29, 1.82) is 0 Å². The lowest BCUT2D eigenvalue weighted by molar-refractivity contribution is 0.206. The van der Waals surface area contributed by atoms with Gasteiger partial charge in [0.2, 0.25) is 0 Å². The first kappa shape index (κ1) is 16.6. The van der Waals surface area contributed by atoms with Crippen molar-refractivity contribution in [2.45, 2.75) is 38.1 Å². The fourth-order valence-corrected chi connectivity index (χ4v) is 3.21. The van der Waals surface area contributed by atoms with E-state index in [1.165, 1.54) is 25.7 Å². The number of nitrogens with zero attached hydrogens (tertiary/aromatic N) is 1. The number of hydrogen-bond donors (Lipinski definition) is 1. The van der Waals surface area contributed by atoms with Crippen LogP contribution in [0.1, 0.15) is 32.1 Å². The van der Waals surface area contributed by atoms with Crippen LogP contribution in [0, 0.1) is 5.92 Å². The van der Waals surface area contributed by atoms with Crippen molar-refractivity contribution in [2.75, 3.05) is 26.7 Å². The Hall–Kier alpha value is -0.770. The van der Waals surface area contributed by atoms with E-state index in [0.717, 1.165) is 42.8 Å². The van der Waals surface area contributed by atoms with Crippen LogP contribution >= 0.6 is 11.6 Å². The molecule has 0 bridgehead atoms. The molecular formula is C17H27ClN2O. The fraction of sp³-hybridized carbons (Fsp3) is 0.647. The van der Waals surface area contributed by atoms with Crippen molar-refractivity contribution in [3.63, 3.8) is 0 Å². The molecule has 0 saturated heterocycles. The van der Waals surface area contributed by atoms with Crippen molar-refractivity contribution in [2.24, 2.45) is 11.7 Å². The number of hydrogen-bond acceptors (Lipinski definition) is 3. The van der Waals surface area contributed by atoms with Crippen LogP contribution in [0.3, 0.4) is 0 Å². The van der Waals surface area contributed by atoms with Crippen LogP contribution in [0.25, 0.3) is 0 Å². The Balaban J connectivity index is 1.58. The van der Waals surface area contributed by atoms with Gasteiger partial charge in [0.15, 0.2) is 0 Å². The van der Waals surface area contributed by atoms with E-state index in [4.69, 9.17) is 22.1 Å². The van der Waals surface area contributed by atoms with E-state index < -0.39 is 0 Å². The van der Waals surface area contributed by atoms with Gasteiger partial charge < -0.3 is 15.4 Å². The molecule has 0 radical (unpaired) electrons. The van der Waals surface area contributed by atoms with Crippen LogP contribution in [-0.2, 0) is 0 Å². The summed E-state index contributed by atoms with van der Waals surface area (Å²) in [5.74, 6) is 1.66.